The van der Waals surface area contributed by atoms with E-state index in [1.165, 1.54) is 0 Å². The van der Waals surface area contributed by atoms with Gasteiger partial charge in [0.15, 0.2) is 9.84 Å². The lowest BCUT2D eigenvalue weighted by atomic mass is 10.2. The number of carbonyl (C=O) groups excluding carboxylic acids is 1. The molecule has 1 saturated heterocycles. The van der Waals surface area contributed by atoms with E-state index in [-0.39, 0.29) is 29.2 Å². The number of nitrogens with one attached hydrogen (secondary N) is 2. The number of benzene rings is 1. The maximum absolute atomic E-state index is 12.4. The number of nitriles is 1. The summed E-state index contributed by atoms with van der Waals surface area (Å²) in [6.45, 7) is 1.73. The molecular weight excluding hydrogens is 354 g/mol. The highest BCUT2D eigenvalue weighted by Gasteiger charge is 2.28. The van der Waals surface area contributed by atoms with Crippen LogP contribution in [0, 0.1) is 18.3 Å². The molecule has 0 saturated carbocycles. The van der Waals surface area contributed by atoms with Gasteiger partial charge in [0.2, 0.25) is 5.95 Å². The number of aromatic nitrogens is 2. The average Bonchev–Trinajstić information content (AvgIpc) is 2.93. The van der Waals surface area contributed by atoms with Gasteiger partial charge < -0.3 is 10.6 Å². The summed E-state index contributed by atoms with van der Waals surface area (Å²) in [6, 6.07) is 9.78. The Balaban J connectivity index is 1.74. The van der Waals surface area contributed by atoms with Crippen LogP contribution in [0.4, 0.5) is 11.6 Å². The Morgan fingerprint density at radius 3 is 2.62 bits per heavy atom. The molecule has 0 spiro atoms. The zero-order valence-corrected chi connectivity index (χ0v) is 14.9. The van der Waals surface area contributed by atoms with Crippen molar-refractivity contribution < 1.29 is 13.2 Å². The average molecular weight is 371 g/mol. The van der Waals surface area contributed by atoms with Gasteiger partial charge in [-0.3, -0.25) is 4.79 Å². The summed E-state index contributed by atoms with van der Waals surface area (Å²) in [5.74, 6) is -0.000980. The van der Waals surface area contributed by atoms with Crippen molar-refractivity contribution in [1.29, 1.82) is 5.26 Å². The molecule has 8 nitrogen and oxygen atoms in total. The van der Waals surface area contributed by atoms with E-state index < -0.39 is 15.7 Å². The van der Waals surface area contributed by atoms with Gasteiger partial charge in [-0.15, -0.1) is 0 Å². The second kappa shape index (κ2) is 7.09. The molecule has 0 radical (unpaired) electrons. The summed E-state index contributed by atoms with van der Waals surface area (Å²) in [6.07, 6.45) is 0.492. The van der Waals surface area contributed by atoms with Gasteiger partial charge in [0.05, 0.1) is 23.1 Å². The van der Waals surface area contributed by atoms with Crippen molar-refractivity contribution in [3.05, 3.63) is 47.3 Å². The van der Waals surface area contributed by atoms with Gasteiger partial charge in [0.25, 0.3) is 5.91 Å². The van der Waals surface area contributed by atoms with Gasteiger partial charge >= 0.3 is 0 Å². The van der Waals surface area contributed by atoms with Crippen molar-refractivity contribution in [2.45, 2.75) is 19.4 Å². The molecule has 1 aliphatic rings. The molecule has 9 heteroatoms. The lowest BCUT2D eigenvalue weighted by Gasteiger charge is -2.12. The van der Waals surface area contributed by atoms with Crippen LogP contribution in [0.5, 0.6) is 0 Å². The van der Waals surface area contributed by atoms with E-state index in [2.05, 4.69) is 20.6 Å². The van der Waals surface area contributed by atoms with Gasteiger partial charge in [-0.2, -0.15) is 5.26 Å². The van der Waals surface area contributed by atoms with Crippen LogP contribution >= 0.6 is 0 Å². The first-order valence-electron chi connectivity index (χ1n) is 7.99. The number of hydrogen-bond donors (Lipinski definition) is 2. The second-order valence-electron chi connectivity index (χ2n) is 6.11. The lowest BCUT2D eigenvalue weighted by Crippen LogP contribution is -2.23. The van der Waals surface area contributed by atoms with Crippen molar-refractivity contribution in [1.82, 2.24) is 9.97 Å². The monoisotopic (exact) mass is 371 g/mol. The van der Waals surface area contributed by atoms with Crippen molar-refractivity contribution in [2.75, 3.05) is 22.1 Å². The highest BCUT2D eigenvalue weighted by atomic mass is 32.2. The van der Waals surface area contributed by atoms with E-state index in [0.717, 1.165) is 0 Å². The standard InChI is InChI=1S/C17H17N5O3S/c1-11-8-15(16(23)20-13-4-2-12(9-18)3-5-13)22-17(19-11)21-14-6-7-26(24,25)10-14/h2-5,8,14H,6-7,10H2,1H3,(H,20,23)(H,19,21,22). The summed E-state index contributed by atoms with van der Waals surface area (Å²) in [5.41, 5.74) is 1.80. The van der Waals surface area contributed by atoms with Crippen LogP contribution in [0.1, 0.15) is 28.2 Å². The fourth-order valence-corrected chi connectivity index (χ4v) is 4.34. The Labute approximate surface area is 151 Å². The molecule has 1 atom stereocenters. The Morgan fingerprint density at radius 1 is 1.27 bits per heavy atom. The molecular formula is C17H17N5O3S. The molecule has 2 N–H and O–H groups in total. The Hall–Kier alpha value is -2.99. The van der Waals surface area contributed by atoms with Gasteiger partial charge in [-0.05, 0) is 43.7 Å². The molecule has 2 aromatic rings. The Bertz CT molecular complexity index is 980. The molecule has 134 valence electrons. The van der Waals surface area contributed by atoms with Crippen molar-refractivity contribution in [3.8, 4) is 6.07 Å². The zero-order chi connectivity index (χ0) is 18.7. The maximum Gasteiger partial charge on any atom is 0.274 e. The maximum atomic E-state index is 12.4. The minimum atomic E-state index is -3.02. The normalized spacial score (nSPS) is 18.1. The quantitative estimate of drug-likeness (QED) is 0.834. The van der Waals surface area contributed by atoms with Crippen LogP contribution in [0.3, 0.4) is 0 Å². The van der Waals surface area contributed by atoms with Crippen LogP contribution in [-0.4, -0.2) is 41.8 Å². The highest BCUT2D eigenvalue weighted by Crippen LogP contribution is 2.16. The van der Waals surface area contributed by atoms with Crippen LogP contribution in [0.2, 0.25) is 0 Å². The number of hydrogen-bond acceptors (Lipinski definition) is 7. The van der Waals surface area contributed by atoms with E-state index in [9.17, 15) is 13.2 Å². The number of carbonyl (C=O) groups is 1. The first-order valence-corrected chi connectivity index (χ1v) is 9.81. The van der Waals surface area contributed by atoms with E-state index in [0.29, 0.717) is 23.4 Å². The largest absolute Gasteiger partial charge is 0.350 e. The molecule has 3 rings (SSSR count). The van der Waals surface area contributed by atoms with Crippen LogP contribution in [-0.2, 0) is 9.84 Å². The van der Waals surface area contributed by atoms with E-state index in [1.807, 2.05) is 6.07 Å². The summed E-state index contributed by atoms with van der Waals surface area (Å²) in [4.78, 5) is 20.8. The van der Waals surface area contributed by atoms with Crippen LogP contribution < -0.4 is 10.6 Å². The molecule has 1 aromatic heterocycles. The minimum absolute atomic E-state index is 0.0388. The van der Waals surface area contributed by atoms with Crippen molar-refractivity contribution in [3.63, 3.8) is 0 Å². The minimum Gasteiger partial charge on any atom is -0.350 e. The van der Waals surface area contributed by atoms with Crippen molar-refractivity contribution >= 4 is 27.4 Å². The molecule has 1 aliphatic heterocycles. The first kappa shape index (κ1) is 17.8. The highest BCUT2D eigenvalue weighted by molar-refractivity contribution is 7.91. The third-order valence-electron chi connectivity index (χ3n) is 3.92. The lowest BCUT2D eigenvalue weighted by molar-refractivity contribution is 0.102. The summed E-state index contributed by atoms with van der Waals surface area (Å²) in [7, 11) is -3.02. The zero-order valence-electron chi connectivity index (χ0n) is 14.1. The van der Waals surface area contributed by atoms with Gasteiger partial charge in [-0.25, -0.2) is 18.4 Å². The Kier molecular flexibility index (Phi) is 4.86. The molecule has 0 aliphatic carbocycles. The molecule has 2 heterocycles. The Morgan fingerprint density at radius 2 is 2.00 bits per heavy atom. The summed E-state index contributed by atoms with van der Waals surface area (Å²) >= 11 is 0. The topological polar surface area (TPSA) is 125 Å². The van der Waals surface area contributed by atoms with E-state index >= 15 is 0 Å². The number of anilines is 2. The molecule has 1 aromatic carbocycles. The first-order chi connectivity index (χ1) is 12.3. The smallest absolute Gasteiger partial charge is 0.274 e. The molecule has 1 fully saturated rings. The predicted octanol–water partition coefficient (Wildman–Crippen LogP) is 1.51. The number of sulfone groups is 1. The fraction of sp³-hybridized carbons (Fsp3) is 0.294. The van der Waals surface area contributed by atoms with Gasteiger partial charge in [0.1, 0.15) is 5.69 Å². The number of rotatable bonds is 4. The predicted molar refractivity (Wildman–Crippen MR) is 96.6 cm³/mol. The van der Waals surface area contributed by atoms with Gasteiger partial charge in [0, 0.05) is 17.4 Å². The summed E-state index contributed by atoms with van der Waals surface area (Å²) in [5, 5.41) is 14.5. The third kappa shape index (κ3) is 4.34. The fourth-order valence-electron chi connectivity index (χ4n) is 2.66. The second-order valence-corrected chi connectivity index (χ2v) is 8.33. The third-order valence-corrected chi connectivity index (χ3v) is 5.69. The van der Waals surface area contributed by atoms with Crippen LogP contribution in [0.25, 0.3) is 0 Å². The summed E-state index contributed by atoms with van der Waals surface area (Å²) < 4.78 is 23.1. The molecule has 1 unspecified atom stereocenters. The molecule has 0 bridgehead atoms. The van der Waals surface area contributed by atoms with Crippen LogP contribution in [0.15, 0.2) is 30.3 Å². The number of nitrogens with zero attached hydrogens (tertiary/aromatic N) is 3. The molecule has 26 heavy (non-hydrogen) atoms. The number of amides is 1. The SMILES string of the molecule is Cc1cc(C(=O)Nc2ccc(C#N)cc2)nc(NC2CCS(=O)(=O)C2)n1. The van der Waals surface area contributed by atoms with Crippen molar-refractivity contribution in [2.24, 2.45) is 0 Å². The molecule has 1 amide bonds. The van der Waals surface area contributed by atoms with E-state index in [4.69, 9.17) is 5.26 Å². The number of aryl methyl sites for hydroxylation is 1. The van der Waals surface area contributed by atoms with Gasteiger partial charge in [-0.1, -0.05) is 0 Å². The van der Waals surface area contributed by atoms with E-state index in [1.54, 1.807) is 37.3 Å².